The van der Waals surface area contributed by atoms with Crippen molar-refractivity contribution >= 4 is 5.78 Å². The van der Waals surface area contributed by atoms with Crippen LogP contribution in [0.2, 0.25) is 0 Å². The van der Waals surface area contributed by atoms with Crippen molar-refractivity contribution in [3.8, 4) is 0 Å². The molecule has 4 aliphatic rings. The number of fused-ring (bicyclic) bond motifs is 5. The Labute approximate surface area is 156 Å². The number of hydrogen-bond acceptors (Lipinski definition) is 4. The molecule has 0 radical (unpaired) electrons. The van der Waals surface area contributed by atoms with Gasteiger partial charge in [0.2, 0.25) is 0 Å². The third-order valence-corrected chi connectivity index (χ3v) is 8.24. The van der Waals surface area contributed by atoms with Gasteiger partial charge in [0.1, 0.15) is 6.23 Å². The molecule has 4 nitrogen and oxygen atoms in total. The highest BCUT2D eigenvalue weighted by molar-refractivity contribution is 5.92. The van der Waals surface area contributed by atoms with Gasteiger partial charge in [0.05, 0.1) is 11.9 Å². The van der Waals surface area contributed by atoms with E-state index < -0.39 is 5.60 Å². The molecular weight excluding hydrogens is 326 g/mol. The summed E-state index contributed by atoms with van der Waals surface area (Å²) in [6.07, 6.45) is 10.2. The Kier molecular flexibility index (Phi) is 4.35. The SMILES string of the molecule is CC(N)O/C=C1/C[C@@H]2[C@H](CC[C@@]3(C)[C@H]2CC[C@]3(C)O)[C@H]2CCC(=O)C=C12. The van der Waals surface area contributed by atoms with E-state index in [1.165, 1.54) is 5.57 Å². The van der Waals surface area contributed by atoms with Crippen LogP contribution in [0.3, 0.4) is 0 Å². The molecule has 3 fully saturated rings. The van der Waals surface area contributed by atoms with Gasteiger partial charge in [-0.25, -0.2) is 0 Å². The molecule has 26 heavy (non-hydrogen) atoms. The number of ether oxygens (including phenoxy) is 1. The summed E-state index contributed by atoms with van der Waals surface area (Å²) in [5.74, 6) is 2.46. The van der Waals surface area contributed by atoms with Crippen LogP contribution in [0.4, 0.5) is 0 Å². The summed E-state index contributed by atoms with van der Waals surface area (Å²) >= 11 is 0. The fourth-order valence-corrected chi connectivity index (χ4v) is 6.61. The molecule has 0 aromatic rings. The number of ketones is 1. The molecule has 4 heteroatoms. The van der Waals surface area contributed by atoms with Gasteiger partial charge in [-0.2, -0.15) is 0 Å². The molecule has 4 rings (SSSR count). The lowest BCUT2D eigenvalue weighted by Crippen LogP contribution is -2.51. The average Bonchev–Trinajstić information content (AvgIpc) is 2.82. The molecule has 4 aliphatic carbocycles. The maximum Gasteiger partial charge on any atom is 0.156 e. The lowest BCUT2D eigenvalue weighted by Gasteiger charge is -2.55. The van der Waals surface area contributed by atoms with Crippen molar-refractivity contribution in [1.29, 1.82) is 0 Å². The minimum atomic E-state index is -0.562. The van der Waals surface area contributed by atoms with Gasteiger partial charge in [-0.1, -0.05) is 6.92 Å². The van der Waals surface area contributed by atoms with Gasteiger partial charge in [-0.15, -0.1) is 0 Å². The van der Waals surface area contributed by atoms with E-state index in [-0.39, 0.29) is 17.4 Å². The minimum Gasteiger partial charge on any atom is -0.483 e. The van der Waals surface area contributed by atoms with Gasteiger partial charge >= 0.3 is 0 Å². The van der Waals surface area contributed by atoms with E-state index in [0.717, 1.165) is 44.1 Å². The largest absolute Gasteiger partial charge is 0.483 e. The van der Waals surface area contributed by atoms with Gasteiger partial charge in [0, 0.05) is 6.42 Å². The van der Waals surface area contributed by atoms with Crippen LogP contribution in [0.25, 0.3) is 0 Å². The number of rotatable bonds is 2. The van der Waals surface area contributed by atoms with Crippen LogP contribution in [-0.4, -0.2) is 22.7 Å². The number of nitrogens with two attached hydrogens (primary N) is 1. The summed E-state index contributed by atoms with van der Waals surface area (Å²) in [6, 6.07) is 0. The highest BCUT2D eigenvalue weighted by Gasteiger charge is 2.60. The summed E-state index contributed by atoms with van der Waals surface area (Å²) in [7, 11) is 0. The van der Waals surface area contributed by atoms with Crippen LogP contribution in [-0.2, 0) is 9.53 Å². The average molecular weight is 360 g/mol. The zero-order valence-corrected chi connectivity index (χ0v) is 16.3. The zero-order chi connectivity index (χ0) is 18.7. The summed E-state index contributed by atoms with van der Waals surface area (Å²) in [5.41, 5.74) is 7.61. The number of carbonyl (C=O) groups excluding carboxylic acids is 1. The predicted molar refractivity (Wildman–Crippen MR) is 101 cm³/mol. The summed E-state index contributed by atoms with van der Waals surface area (Å²) < 4.78 is 5.64. The van der Waals surface area contributed by atoms with Crippen molar-refractivity contribution in [3.05, 3.63) is 23.5 Å². The highest BCUT2D eigenvalue weighted by Crippen LogP contribution is 2.65. The maximum absolute atomic E-state index is 12.1. The van der Waals surface area contributed by atoms with Gasteiger partial charge in [-0.3, -0.25) is 10.5 Å². The van der Waals surface area contributed by atoms with Gasteiger partial charge in [-0.05, 0) is 98.7 Å². The molecule has 1 unspecified atom stereocenters. The van der Waals surface area contributed by atoms with Gasteiger partial charge in [0.25, 0.3) is 0 Å². The van der Waals surface area contributed by atoms with E-state index >= 15 is 0 Å². The number of allylic oxidation sites excluding steroid dienone is 2. The molecule has 0 amide bonds. The predicted octanol–water partition coefficient (Wildman–Crippen LogP) is 3.69. The Morgan fingerprint density at radius 1 is 1.27 bits per heavy atom. The van der Waals surface area contributed by atoms with E-state index in [1.807, 2.05) is 26.2 Å². The van der Waals surface area contributed by atoms with Crippen LogP contribution in [0, 0.1) is 29.1 Å². The monoisotopic (exact) mass is 359 g/mol. The molecule has 144 valence electrons. The van der Waals surface area contributed by atoms with Crippen molar-refractivity contribution in [3.63, 3.8) is 0 Å². The summed E-state index contributed by atoms with van der Waals surface area (Å²) in [5, 5.41) is 11.0. The van der Waals surface area contributed by atoms with Crippen LogP contribution < -0.4 is 5.73 Å². The molecule has 3 saturated carbocycles. The Bertz CT molecular complexity index is 662. The van der Waals surface area contributed by atoms with Crippen LogP contribution in [0.15, 0.2) is 23.5 Å². The Morgan fingerprint density at radius 2 is 2.04 bits per heavy atom. The quantitative estimate of drug-likeness (QED) is 0.582. The fourth-order valence-electron chi connectivity index (χ4n) is 6.61. The van der Waals surface area contributed by atoms with Crippen molar-refractivity contribution in [2.45, 2.75) is 77.5 Å². The topological polar surface area (TPSA) is 72.6 Å². The Hall–Kier alpha value is -1.13. The summed E-state index contributed by atoms with van der Waals surface area (Å²) in [4.78, 5) is 12.1. The molecule has 0 saturated heterocycles. The first kappa shape index (κ1) is 18.2. The number of carbonyl (C=O) groups is 1. The Morgan fingerprint density at radius 3 is 2.77 bits per heavy atom. The van der Waals surface area contributed by atoms with Crippen LogP contribution in [0.5, 0.6) is 0 Å². The van der Waals surface area contributed by atoms with E-state index in [0.29, 0.717) is 30.1 Å². The first-order valence-electron chi connectivity index (χ1n) is 10.3. The van der Waals surface area contributed by atoms with E-state index in [1.54, 1.807) is 0 Å². The second-order valence-corrected chi connectivity index (χ2v) is 9.60. The molecule has 0 bridgehead atoms. The Balaban J connectivity index is 1.70. The van der Waals surface area contributed by atoms with Crippen LogP contribution in [0.1, 0.15) is 65.7 Å². The van der Waals surface area contributed by atoms with E-state index in [9.17, 15) is 9.90 Å². The van der Waals surface area contributed by atoms with Crippen LogP contribution >= 0.6 is 0 Å². The number of hydrogen-bond donors (Lipinski definition) is 2. The lowest BCUT2D eigenvalue weighted by atomic mass is 9.50. The smallest absolute Gasteiger partial charge is 0.156 e. The molecule has 0 heterocycles. The van der Waals surface area contributed by atoms with Crippen molar-refractivity contribution in [2.75, 3.05) is 0 Å². The van der Waals surface area contributed by atoms with Crippen molar-refractivity contribution in [1.82, 2.24) is 0 Å². The molecule has 3 N–H and O–H groups in total. The molecule has 0 aromatic heterocycles. The third-order valence-electron chi connectivity index (χ3n) is 8.24. The molecule has 7 atom stereocenters. The van der Waals surface area contributed by atoms with Crippen molar-refractivity contribution in [2.24, 2.45) is 34.8 Å². The standard InChI is InChI=1S/C22H33NO3/c1-13(23)26-12-14-10-19-17(16-5-4-15(24)11-18(14)16)6-8-21(2)20(19)7-9-22(21,3)25/h11-13,16-17,19-20,25H,4-10,23H2,1-3H3/b14-12-/t13?,16-,17-,19-,20+,21+,22+/m1/s1. The second-order valence-electron chi connectivity index (χ2n) is 9.60. The lowest BCUT2D eigenvalue weighted by molar-refractivity contribution is -0.117. The van der Waals surface area contributed by atoms with E-state index in [2.05, 4.69) is 6.92 Å². The first-order chi connectivity index (χ1) is 12.2. The van der Waals surface area contributed by atoms with E-state index in [4.69, 9.17) is 10.5 Å². The molecule has 0 aromatic carbocycles. The second kappa shape index (κ2) is 6.20. The molecule has 0 spiro atoms. The zero-order valence-electron chi connectivity index (χ0n) is 16.3. The fraction of sp³-hybridized carbons (Fsp3) is 0.773. The first-order valence-corrected chi connectivity index (χ1v) is 10.3. The van der Waals surface area contributed by atoms with Gasteiger partial charge in [0.15, 0.2) is 5.78 Å². The molecule has 0 aliphatic heterocycles. The normalized spacial score (nSPS) is 47.7. The minimum absolute atomic E-state index is 0.00694. The maximum atomic E-state index is 12.1. The van der Waals surface area contributed by atoms with Crippen molar-refractivity contribution < 1.29 is 14.6 Å². The summed E-state index contributed by atoms with van der Waals surface area (Å²) in [6.45, 7) is 6.17. The number of aliphatic hydroxyl groups is 1. The van der Waals surface area contributed by atoms with Gasteiger partial charge < -0.3 is 9.84 Å². The molecular formula is C22H33NO3. The third kappa shape index (κ3) is 2.68. The highest BCUT2D eigenvalue weighted by atomic mass is 16.5.